The van der Waals surface area contributed by atoms with Gasteiger partial charge in [-0.25, -0.2) is 9.59 Å². The van der Waals surface area contributed by atoms with Crippen LogP contribution in [0.2, 0.25) is 0 Å². The lowest BCUT2D eigenvalue weighted by Gasteiger charge is -2.17. The predicted molar refractivity (Wildman–Crippen MR) is 83.5 cm³/mol. The monoisotopic (exact) mass is 309 g/mol. The lowest BCUT2D eigenvalue weighted by Crippen LogP contribution is -2.18. The average molecular weight is 309 g/mol. The first-order valence-electron chi connectivity index (χ1n) is 7.15. The molecular weight excluding hydrogens is 286 g/mol. The Balaban J connectivity index is 3.35. The molecule has 0 radical (unpaired) electrons. The molecule has 0 bridgehead atoms. The Bertz CT molecular complexity index is 540. The lowest BCUT2D eigenvalue weighted by atomic mass is 9.96. The summed E-state index contributed by atoms with van der Waals surface area (Å²) in [5, 5.41) is 2.57. The van der Waals surface area contributed by atoms with Gasteiger partial charge in [0.2, 0.25) is 0 Å². The van der Waals surface area contributed by atoms with E-state index in [1.54, 1.807) is 19.1 Å². The van der Waals surface area contributed by atoms with Crippen LogP contribution >= 0.6 is 0 Å². The van der Waals surface area contributed by atoms with Crippen molar-refractivity contribution < 1.29 is 23.8 Å². The minimum absolute atomic E-state index is 0.238. The fourth-order valence-corrected chi connectivity index (χ4v) is 2.11. The maximum absolute atomic E-state index is 12.1. The van der Waals surface area contributed by atoms with Gasteiger partial charge in [0.15, 0.2) is 0 Å². The molecule has 122 valence electrons. The van der Waals surface area contributed by atoms with Crippen LogP contribution in [0.25, 0.3) is 0 Å². The second-order valence-corrected chi connectivity index (χ2v) is 5.14. The fourth-order valence-electron chi connectivity index (χ4n) is 2.11. The average Bonchev–Trinajstić information content (AvgIpc) is 2.45. The molecule has 1 amide bonds. The molecule has 1 aromatic rings. The van der Waals surface area contributed by atoms with Crippen molar-refractivity contribution >= 4 is 17.7 Å². The van der Waals surface area contributed by atoms with E-state index in [9.17, 15) is 9.59 Å². The van der Waals surface area contributed by atoms with Gasteiger partial charge in [0, 0.05) is 6.07 Å². The molecule has 0 fully saturated rings. The van der Waals surface area contributed by atoms with Gasteiger partial charge in [-0.05, 0) is 30.9 Å². The maximum Gasteiger partial charge on any atom is 0.411 e. The summed E-state index contributed by atoms with van der Waals surface area (Å²) >= 11 is 0. The maximum atomic E-state index is 12.1. The van der Waals surface area contributed by atoms with Crippen LogP contribution in [0.1, 0.15) is 36.7 Å². The van der Waals surface area contributed by atoms with Crippen LogP contribution < -0.4 is 10.1 Å². The lowest BCUT2D eigenvalue weighted by molar-refractivity contribution is 0.0600. The molecule has 0 atom stereocenters. The smallest absolute Gasteiger partial charge is 0.411 e. The zero-order valence-electron chi connectivity index (χ0n) is 13.7. The van der Waals surface area contributed by atoms with Crippen molar-refractivity contribution in [2.75, 3.05) is 26.1 Å². The Kier molecular flexibility index (Phi) is 6.69. The number of ether oxygens (including phenoxy) is 3. The summed E-state index contributed by atoms with van der Waals surface area (Å²) in [5.41, 5.74) is 1.40. The van der Waals surface area contributed by atoms with E-state index in [1.165, 1.54) is 14.2 Å². The Morgan fingerprint density at radius 2 is 1.91 bits per heavy atom. The number of benzene rings is 1. The number of carbonyl (C=O) groups is 2. The Labute approximate surface area is 130 Å². The first kappa shape index (κ1) is 17.8. The second-order valence-electron chi connectivity index (χ2n) is 5.14. The highest BCUT2D eigenvalue weighted by molar-refractivity contribution is 6.01. The number of hydrogen-bond donors (Lipinski definition) is 1. The number of methoxy groups -OCH3 is 2. The van der Waals surface area contributed by atoms with Crippen molar-refractivity contribution in [1.82, 2.24) is 0 Å². The van der Waals surface area contributed by atoms with Crippen LogP contribution in [-0.4, -0.2) is 32.9 Å². The van der Waals surface area contributed by atoms with Crippen LogP contribution in [0, 0.1) is 5.92 Å². The number of nitrogens with one attached hydrogen (secondary N) is 1. The van der Waals surface area contributed by atoms with Gasteiger partial charge in [-0.3, -0.25) is 5.32 Å². The molecule has 0 aliphatic rings. The largest absolute Gasteiger partial charge is 0.497 e. The summed E-state index contributed by atoms with van der Waals surface area (Å²) in [6.07, 6.45) is 0.0236. The number of carbonyl (C=O) groups excluding carboxylic acids is 2. The minimum atomic E-state index is -0.628. The van der Waals surface area contributed by atoms with Crippen molar-refractivity contribution in [1.29, 1.82) is 0 Å². The van der Waals surface area contributed by atoms with Gasteiger partial charge >= 0.3 is 12.1 Å². The quantitative estimate of drug-likeness (QED) is 0.817. The summed E-state index contributed by atoms with van der Waals surface area (Å²) in [6.45, 7) is 6.02. The summed E-state index contributed by atoms with van der Waals surface area (Å²) in [5.74, 6) is 0.367. The van der Waals surface area contributed by atoms with Gasteiger partial charge in [0.25, 0.3) is 0 Å². The predicted octanol–water partition coefficient (Wildman–Crippen LogP) is 3.25. The molecular formula is C16H23NO5. The number of esters is 1. The third-order valence-corrected chi connectivity index (χ3v) is 2.96. The molecule has 6 nitrogen and oxygen atoms in total. The summed E-state index contributed by atoms with van der Waals surface area (Å²) in [4.78, 5) is 23.8. The van der Waals surface area contributed by atoms with Gasteiger partial charge in [0.1, 0.15) is 5.75 Å². The van der Waals surface area contributed by atoms with Gasteiger partial charge in [0.05, 0.1) is 32.1 Å². The Morgan fingerprint density at radius 3 is 2.41 bits per heavy atom. The third kappa shape index (κ3) is 4.65. The van der Waals surface area contributed by atoms with E-state index >= 15 is 0 Å². The first-order valence-corrected chi connectivity index (χ1v) is 7.15. The van der Waals surface area contributed by atoms with Crippen LogP contribution in [0.3, 0.4) is 0 Å². The topological polar surface area (TPSA) is 73.9 Å². The van der Waals surface area contributed by atoms with E-state index in [0.717, 1.165) is 5.56 Å². The highest BCUT2D eigenvalue weighted by atomic mass is 16.5. The van der Waals surface area contributed by atoms with E-state index in [2.05, 4.69) is 5.32 Å². The van der Waals surface area contributed by atoms with Crippen molar-refractivity contribution in [2.24, 2.45) is 5.92 Å². The van der Waals surface area contributed by atoms with Crippen molar-refractivity contribution in [3.05, 3.63) is 23.3 Å². The normalized spacial score (nSPS) is 10.3. The van der Waals surface area contributed by atoms with Crippen molar-refractivity contribution in [3.8, 4) is 5.75 Å². The third-order valence-electron chi connectivity index (χ3n) is 2.96. The summed E-state index contributed by atoms with van der Waals surface area (Å²) < 4.78 is 15.0. The van der Waals surface area contributed by atoms with Crippen LogP contribution in [0.4, 0.5) is 10.5 Å². The molecule has 0 unspecified atom stereocenters. The summed E-state index contributed by atoms with van der Waals surface area (Å²) in [6, 6.07) is 3.36. The van der Waals surface area contributed by atoms with Crippen LogP contribution in [0.5, 0.6) is 5.75 Å². The molecule has 1 aromatic carbocycles. The van der Waals surface area contributed by atoms with E-state index in [-0.39, 0.29) is 6.61 Å². The number of amides is 1. The molecule has 0 heterocycles. The highest BCUT2D eigenvalue weighted by Gasteiger charge is 2.21. The standard InChI is InChI=1S/C16H23NO5/c1-6-22-16(19)17-13-9-12(20-4)8-11(7-10(2)3)14(13)15(18)21-5/h8-10H,6-7H2,1-5H3,(H,17,19). The number of rotatable bonds is 6. The molecule has 1 N–H and O–H groups in total. The van der Waals surface area contributed by atoms with E-state index in [4.69, 9.17) is 14.2 Å². The summed E-state index contributed by atoms with van der Waals surface area (Å²) in [7, 11) is 2.83. The first-order chi connectivity index (χ1) is 10.4. The SMILES string of the molecule is CCOC(=O)Nc1cc(OC)cc(CC(C)C)c1C(=O)OC. The molecule has 1 rings (SSSR count). The van der Waals surface area contributed by atoms with Crippen molar-refractivity contribution in [3.63, 3.8) is 0 Å². The van der Waals surface area contributed by atoms with Gasteiger partial charge in [-0.15, -0.1) is 0 Å². The molecule has 0 aromatic heterocycles. The zero-order valence-corrected chi connectivity index (χ0v) is 13.7. The Morgan fingerprint density at radius 1 is 1.23 bits per heavy atom. The second kappa shape index (κ2) is 8.26. The van der Waals surface area contributed by atoms with E-state index in [0.29, 0.717) is 29.3 Å². The molecule has 6 heteroatoms. The number of hydrogen-bond acceptors (Lipinski definition) is 5. The zero-order chi connectivity index (χ0) is 16.7. The molecule has 0 aliphatic heterocycles. The van der Waals surface area contributed by atoms with E-state index < -0.39 is 12.1 Å². The van der Waals surface area contributed by atoms with E-state index in [1.807, 2.05) is 13.8 Å². The Hall–Kier alpha value is -2.24. The molecule has 0 saturated heterocycles. The number of anilines is 1. The molecule has 0 spiro atoms. The fraction of sp³-hybridized carbons (Fsp3) is 0.500. The van der Waals surface area contributed by atoms with Gasteiger partial charge in [-0.2, -0.15) is 0 Å². The van der Waals surface area contributed by atoms with Gasteiger partial charge < -0.3 is 14.2 Å². The molecule has 22 heavy (non-hydrogen) atoms. The van der Waals surface area contributed by atoms with Crippen LogP contribution in [-0.2, 0) is 15.9 Å². The van der Waals surface area contributed by atoms with Gasteiger partial charge in [-0.1, -0.05) is 13.8 Å². The van der Waals surface area contributed by atoms with Crippen LogP contribution in [0.15, 0.2) is 12.1 Å². The molecule has 0 saturated carbocycles. The van der Waals surface area contributed by atoms with Crippen molar-refractivity contribution in [2.45, 2.75) is 27.2 Å². The molecule has 0 aliphatic carbocycles. The minimum Gasteiger partial charge on any atom is -0.497 e. The highest BCUT2D eigenvalue weighted by Crippen LogP contribution is 2.29.